The summed E-state index contributed by atoms with van der Waals surface area (Å²) in [6, 6.07) is 8.48. The van der Waals surface area contributed by atoms with Crippen molar-refractivity contribution in [3.8, 4) is 0 Å². The van der Waals surface area contributed by atoms with Crippen molar-refractivity contribution in [2.24, 2.45) is 5.92 Å². The third-order valence-corrected chi connectivity index (χ3v) is 5.13. The number of benzene rings is 1. The van der Waals surface area contributed by atoms with E-state index in [0.717, 1.165) is 18.5 Å². The van der Waals surface area contributed by atoms with E-state index in [0.29, 0.717) is 19.5 Å². The molecule has 2 aliphatic heterocycles. The molecule has 0 radical (unpaired) electrons. The fourth-order valence-corrected chi connectivity index (χ4v) is 3.46. The summed E-state index contributed by atoms with van der Waals surface area (Å²) in [5, 5.41) is 2.98. The van der Waals surface area contributed by atoms with E-state index in [1.165, 1.54) is 31.5 Å². The highest BCUT2D eigenvalue weighted by Crippen LogP contribution is 2.18. The first-order valence-electron chi connectivity index (χ1n) is 8.93. The second-order valence-corrected chi connectivity index (χ2v) is 7.02. The van der Waals surface area contributed by atoms with Crippen LogP contribution in [-0.4, -0.2) is 48.3 Å². The van der Waals surface area contributed by atoms with Crippen LogP contribution in [0.5, 0.6) is 0 Å². The summed E-state index contributed by atoms with van der Waals surface area (Å²) in [4.78, 5) is 28.1. The van der Waals surface area contributed by atoms with Crippen LogP contribution >= 0.6 is 0 Å². The molecular weight excluding hydrogens is 302 g/mol. The summed E-state index contributed by atoms with van der Waals surface area (Å²) < 4.78 is 0. The van der Waals surface area contributed by atoms with Crippen LogP contribution < -0.4 is 5.32 Å². The van der Waals surface area contributed by atoms with Crippen molar-refractivity contribution in [3.05, 3.63) is 35.4 Å². The summed E-state index contributed by atoms with van der Waals surface area (Å²) in [5.41, 5.74) is 2.43. The van der Waals surface area contributed by atoms with Crippen LogP contribution in [0, 0.1) is 5.92 Å². The minimum absolute atomic E-state index is 0.00223. The molecule has 2 aliphatic rings. The van der Waals surface area contributed by atoms with Gasteiger partial charge in [-0.05, 0) is 43.5 Å². The van der Waals surface area contributed by atoms with Gasteiger partial charge in [-0.15, -0.1) is 0 Å². The van der Waals surface area contributed by atoms with Crippen molar-refractivity contribution >= 4 is 11.8 Å². The zero-order valence-corrected chi connectivity index (χ0v) is 14.5. The number of likely N-dealkylation sites (tertiary alicyclic amines) is 2. The second kappa shape index (κ2) is 7.79. The largest absolute Gasteiger partial charge is 0.352 e. The number of nitrogens with one attached hydrogen (secondary N) is 1. The minimum atomic E-state index is -0.178. The molecule has 2 saturated heterocycles. The maximum atomic E-state index is 12.2. The van der Waals surface area contributed by atoms with E-state index in [1.807, 2.05) is 0 Å². The number of hydrogen-bond acceptors (Lipinski definition) is 3. The molecular formula is C19H27N3O2. The lowest BCUT2D eigenvalue weighted by molar-refractivity contribution is -0.139. The van der Waals surface area contributed by atoms with Crippen LogP contribution in [-0.2, 0) is 22.7 Å². The van der Waals surface area contributed by atoms with E-state index in [-0.39, 0.29) is 17.7 Å². The smallest absolute Gasteiger partial charge is 0.223 e. The highest BCUT2D eigenvalue weighted by Gasteiger charge is 2.28. The zero-order valence-electron chi connectivity index (χ0n) is 14.5. The van der Waals surface area contributed by atoms with Crippen molar-refractivity contribution in [2.45, 2.75) is 38.8 Å². The molecule has 1 unspecified atom stereocenters. The molecule has 1 aromatic carbocycles. The molecule has 1 atom stereocenters. The molecule has 2 fully saturated rings. The molecule has 2 amide bonds. The quantitative estimate of drug-likeness (QED) is 0.896. The van der Waals surface area contributed by atoms with Gasteiger partial charge in [0.15, 0.2) is 0 Å². The standard InChI is InChI=1S/C19H27N3O2/c1-21-11-8-17(12-18(21)23)19(24)20-13-15-4-6-16(7-5-15)14-22-9-2-3-10-22/h4-7,17H,2-3,8-14H2,1H3,(H,20,24). The highest BCUT2D eigenvalue weighted by molar-refractivity contribution is 5.86. The Hall–Kier alpha value is -1.88. The summed E-state index contributed by atoms with van der Waals surface area (Å²) in [7, 11) is 1.79. The van der Waals surface area contributed by atoms with Gasteiger partial charge in [-0.25, -0.2) is 0 Å². The fraction of sp³-hybridized carbons (Fsp3) is 0.579. The maximum Gasteiger partial charge on any atom is 0.223 e. The Balaban J connectivity index is 1.45. The van der Waals surface area contributed by atoms with Crippen molar-refractivity contribution in [3.63, 3.8) is 0 Å². The average Bonchev–Trinajstić information content (AvgIpc) is 3.09. The first-order valence-corrected chi connectivity index (χ1v) is 8.93. The number of nitrogens with zero attached hydrogens (tertiary/aromatic N) is 2. The van der Waals surface area contributed by atoms with Crippen LogP contribution in [0.15, 0.2) is 24.3 Å². The van der Waals surface area contributed by atoms with E-state index in [9.17, 15) is 9.59 Å². The van der Waals surface area contributed by atoms with Gasteiger partial charge in [-0.3, -0.25) is 14.5 Å². The third kappa shape index (κ3) is 4.35. The molecule has 3 rings (SSSR count). The lowest BCUT2D eigenvalue weighted by atomic mass is 9.95. The number of piperidine rings is 1. The normalized spacial score (nSPS) is 22.0. The SMILES string of the molecule is CN1CCC(C(=O)NCc2ccc(CN3CCCC3)cc2)CC1=O. The van der Waals surface area contributed by atoms with E-state index in [1.54, 1.807) is 11.9 Å². The second-order valence-electron chi connectivity index (χ2n) is 7.02. The summed E-state index contributed by atoms with van der Waals surface area (Å²) >= 11 is 0. The predicted molar refractivity (Wildman–Crippen MR) is 93.2 cm³/mol. The van der Waals surface area contributed by atoms with Crippen LogP contribution in [0.2, 0.25) is 0 Å². The lowest BCUT2D eigenvalue weighted by Crippen LogP contribution is -2.41. The number of carbonyl (C=O) groups excluding carboxylic acids is 2. The summed E-state index contributed by atoms with van der Waals surface area (Å²) in [5.74, 6) is -0.117. The van der Waals surface area contributed by atoms with Crippen molar-refractivity contribution in [2.75, 3.05) is 26.7 Å². The summed E-state index contributed by atoms with van der Waals surface area (Å²) in [6.07, 6.45) is 3.70. The molecule has 0 aromatic heterocycles. The number of carbonyl (C=O) groups is 2. The van der Waals surface area contributed by atoms with Crippen LogP contribution in [0.25, 0.3) is 0 Å². The van der Waals surface area contributed by atoms with Gasteiger partial charge in [-0.2, -0.15) is 0 Å². The van der Waals surface area contributed by atoms with Crippen LogP contribution in [0.1, 0.15) is 36.8 Å². The minimum Gasteiger partial charge on any atom is -0.352 e. The monoisotopic (exact) mass is 329 g/mol. The molecule has 0 spiro atoms. The first-order chi connectivity index (χ1) is 11.6. The van der Waals surface area contributed by atoms with E-state index in [2.05, 4.69) is 34.5 Å². The molecule has 0 aliphatic carbocycles. The molecule has 1 aromatic rings. The van der Waals surface area contributed by atoms with Crippen molar-refractivity contribution in [1.82, 2.24) is 15.1 Å². The Morgan fingerprint density at radius 3 is 2.46 bits per heavy atom. The lowest BCUT2D eigenvalue weighted by Gasteiger charge is -2.27. The molecule has 0 saturated carbocycles. The van der Waals surface area contributed by atoms with Gasteiger partial charge in [0.25, 0.3) is 0 Å². The summed E-state index contributed by atoms with van der Waals surface area (Å²) in [6.45, 7) is 4.62. The molecule has 130 valence electrons. The Morgan fingerprint density at radius 2 is 1.79 bits per heavy atom. The van der Waals surface area contributed by atoms with Crippen LogP contribution in [0.4, 0.5) is 0 Å². The number of rotatable bonds is 5. The van der Waals surface area contributed by atoms with Crippen molar-refractivity contribution in [1.29, 1.82) is 0 Å². The van der Waals surface area contributed by atoms with Crippen LogP contribution in [0.3, 0.4) is 0 Å². The topological polar surface area (TPSA) is 52.7 Å². The zero-order chi connectivity index (χ0) is 16.9. The van der Waals surface area contributed by atoms with E-state index >= 15 is 0 Å². The van der Waals surface area contributed by atoms with Gasteiger partial charge in [0.2, 0.25) is 11.8 Å². The molecule has 5 heteroatoms. The van der Waals surface area contributed by atoms with E-state index < -0.39 is 0 Å². The van der Waals surface area contributed by atoms with Gasteiger partial charge >= 0.3 is 0 Å². The first kappa shape index (κ1) is 17.0. The predicted octanol–water partition coefficient (Wildman–Crippen LogP) is 1.77. The van der Waals surface area contributed by atoms with Gasteiger partial charge in [0.1, 0.15) is 0 Å². The Labute approximate surface area is 144 Å². The molecule has 2 heterocycles. The highest BCUT2D eigenvalue weighted by atomic mass is 16.2. The van der Waals surface area contributed by atoms with Gasteiger partial charge in [0, 0.05) is 39.0 Å². The van der Waals surface area contributed by atoms with E-state index in [4.69, 9.17) is 0 Å². The van der Waals surface area contributed by atoms with Crippen molar-refractivity contribution < 1.29 is 9.59 Å². The number of amides is 2. The average molecular weight is 329 g/mol. The molecule has 5 nitrogen and oxygen atoms in total. The maximum absolute atomic E-state index is 12.2. The fourth-order valence-electron chi connectivity index (χ4n) is 3.46. The molecule has 24 heavy (non-hydrogen) atoms. The Bertz CT molecular complexity index is 579. The van der Waals surface area contributed by atoms with Gasteiger partial charge in [0.05, 0.1) is 0 Å². The number of hydrogen-bond donors (Lipinski definition) is 1. The third-order valence-electron chi connectivity index (χ3n) is 5.13. The van der Waals surface area contributed by atoms with Gasteiger partial charge in [-0.1, -0.05) is 24.3 Å². The Morgan fingerprint density at radius 1 is 1.12 bits per heavy atom. The molecule has 0 bridgehead atoms. The molecule has 1 N–H and O–H groups in total. The Kier molecular flexibility index (Phi) is 5.51. The van der Waals surface area contributed by atoms with Gasteiger partial charge < -0.3 is 10.2 Å².